The van der Waals surface area contributed by atoms with Crippen LogP contribution in [0.5, 0.6) is 5.75 Å². The Morgan fingerprint density at radius 1 is 1.47 bits per heavy atom. The van der Waals surface area contributed by atoms with Crippen LogP contribution in [-0.4, -0.2) is 16.4 Å². The van der Waals surface area contributed by atoms with Crippen LogP contribution >= 0.6 is 8.25 Å². The fourth-order valence-electron chi connectivity index (χ4n) is 1.56. The maximum atomic E-state index is 8.74. The first-order chi connectivity index (χ1) is 8.15. The second kappa shape index (κ2) is 7.25. The van der Waals surface area contributed by atoms with Crippen LogP contribution in [0.15, 0.2) is 30.9 Å². The second-order valence-electron chi connectivity index (χ2n) is 3.32. The van der Waals surface area contributed by atoms with E-state index in [9.17, 15) is 0 Å². The van der Waals surface area contributed by atoms with Gasteiger partial charge >= 0.3 is 8.25 Å². The summed E-state index contributed by atoms with van der Waals surface area (Å²) in [6.07, 6.45) is 3.64. The van der Waals surface area contributed by atoms with E-state index in [-0.39, 0.29) is 0 Å². The maximum absolute atomic E-state index is 8.74. The highest BCUT2D eigenvalue weighted by molar-refractivity contribution is 7.30. The lowest BCUT2D eigenvalue weighted by Gasteiger charge is -2.06. The van der Waals surface area contributed by atoms with Crippen molar-refractivity contribution in [1.82, 2.24) is 0 Å². The zero-order valence-electron chi connectivity index (χ0n) is 9.26. The zero-order chi connectivity index (χ0) is 12.7. The first-order valence-corrected chi connectivity index (χ1v) is 6.38. The topological polar surface area (TPSA) is 76.0 Å². The van der Waals surface area contributed by atoms with E-state index >= 15 is 0 Å². The van der Waals surface area contributed by atoms with Gasteiger partial charge < -0.3 is 14.7 Å². The molecule has 1 heterocycles. The molecule has 0 spiro atoms. The lowest BCUT2D eigenvalue weighted by Crippen LogP contribution is -1.96. The fraction of sp³-hybridized carbons (Fsp3) is 0.273. The van der Waals surface area contributed by atoms with Crippen molar-refractivity contribution in [3.63, 3.8) is 0 Å². The first-order valence-electron chi connectivity index (χ1n) is 5.08. The van der Waals surface area contributed by atoms with Gasteiger partial charge in [0, 0.05) is 12.0 Å². The lowest BCUT2D eigenvalue weighted by molar-refractivity contribution is -0.203. The molecule has 17 heavy (non-hydrogen) atoms. The molecule has 2 rings (SSSR count). The van der Waals surface area contributed by atoms with Gasteiger partial charge in [0.05, 0.1) is 6.61 Å². The van der Waals surface area contributed by atoms with E-state index in [0.29, 0.717) is 6.61 Å². The fourth-order valence-corrected chi connectivity index (χ4v) is 1.56. The van der Waals surface area contributed by atoms with Gasteiger partial charge in [-0.15, -0.1) is 6.58 Å². The summed E-state index contributed by atoms with van der Waals surface area (Å²) in [4.78, 5) is 24.5. The minimum Gasteiger partial charge on any atom is -0.337 e. The second-order valence-corrected chi connectivity index (χ2v) is 3.89. The van der Waals surface area contributed by atoms with Gasteiger partial charge in [-0.25, -0.2) is 0 Å². The summed E-state index contributed by atoms with van der Waals surface area (Å²) in [6, 6.07) is 6.03. The molecule has 0 saturated heterocycles. The average molecular weight is 258 g/mol. The lowest BCUT2D eigenvalue weighted by atomic mass is 10.0. The number of hydrogen-bond acceptors (Lipinski definition) is 3. The monoisotopic (exact) mass is 258 g/mol. The molecule has 1 aromatic rings. The molecule has 1 aliphatic heterocycles. The third-order valence-electron chi connectivity index (χ3n) is 2.18. The maximum Gasteiger partial charge on any atom is 0.314 e. The Bertz CT molecular complexity index is 377. The van der Waals surface area contributed by atoms with Crippen molar-refractivity contribution >= 4 is 8.25 Å². The van der Waals surface area contributed by atoms with Gasteiger partial charge in [-0.3, -0.25) is 4.57 Å². The third kappa shape index (κ3) is 4.71. The Labute approximate surface area is 100 Å². The molecule has 0 saturated carbocycles. The highest BCUT2D eigenvalue weighted by Crippen LogP contribution is 2.26. The van der Waals surface area contributed by atoms with Crippen LogP contribution in [0.25, 0.3) is 0 Å². The third-order valence-corrected chi connectivity index (χ3v) is 2.18. The number of benzene rings is 1. The van der Waals surface area contributed by atoms with Gasteiger partial charge in [0.25, 0.3) is 0 Å². The van der Waals surface area contributed by atoms with Crippen LogP contribution in [0.1, 0.15) is 11.1 Å². The molecule has 0 fully saturated rings. The summed E-state index contributed by atoms with van der Waals surface area (Å²) in [5.74, 6) is 0.829. The molecule has 1 aliphatic rings. The van der Waals surface area contributed by atoms with Gasteiger partial charge in [-0.2, -0.15) is 4.89 Å². The SMILES string of the molecule is C=CCc1c2cccc1OOCC2.O=[PH](O)O. The number of allylic oxidation sites excluding steroid dienone is 1. The van der Waals surface area contributed by atoms with E-state index in [4.69, 9.17) is 24.1 Å². The van der Waals surface area contributed by atoms with E-state index in [2.05, 4.69) is 12.6 Å². The summed E-state index contributed by atoms with van der Waals surface area (Å²) in [6.45, 7) is 4.35. The molecule has 0 aliphatic carbocycles. The standard InChI is InChI=1S/C11H12O2.H3O3P/c1-2-4-10-9-5-3-6-11(10)13-12-8-7-9;1-4(2)3/h2-3,5-6H,1,4,7-8H2;4H,(H2,1,2,3). The first kappa shape index (κ1) is 13.9. The Morgan fingerprint density at radius 2 is 2.18 bits per heavy atom. The number of fused-ring (bicyclic) bond motifs is 2. The van der Waals surface area contributed by atoms with Crippen LogP contribution in [0.3, 0.4) is 0 Å². The number of rotatable bonds is 2. The minimum atomic E-state index is -3.13. The molecule has 1 aromatic carbocycles. The van der Waals surface area contributed by atoms with Gasteiger partial charge in [0.15, 0.2) is 5.75 Å². The molecule has 0 aromatic heterocycles. The molecule has 0 atom stereocenters. The highest BCUT2D eigenvalue weighted by Gasteiger charge is 2.12. The van der Waals surface area contributed by atoms with Crippen molar-refractivity contribution in [2.24, 2.45) is 0 Å². The van der Waals surface area contributed by atoms with E-state index < -0.39 is 8.25 Å². The van der Waals surface area contributed by atoms with Gasteiger partial charge in [0.1, 0.15) is 0 Å². The molecule has 6 heteroatoms. The summed E-state index contributed by atoms with van der Waals surface area (Å²) >= 11 is 0. The summed E-state index contributed by atoms with van der Waals surface area (Å²) in [7, 11) is -3.13. The Kier molecular flexibility index (Phi) is 5.94. The van der Waals surface area contributed by atoms with E-state index in [0.717, 1.165) is 18.6 Å². The Morgan fingerprint density at radius 3 is 2.82 bits per heavy atom. The van der Waals surface area contributed by atoms with E-state index in [1.807, 2.05) is 18.2 Å². The number of hydrogen-bond donors (Lipinski definition) is 2. The molecule has 0 amide bonds. The normalized spacial score (nSPS) is 13.1. The quantitative estimate of drug-likeness (QED) is 0.479. The van der Waals surface area contributed by atoms with E-state index in [1.54, 1.807) is 0 Å². The molecule has 94 valence electrons. The van der Waals surface area contributed by atoms with Crippen LogP contribution in [0, 0.1) is 0 Å². The largest absolute Gasteiger partial charge is 0.337 e. The predicted octanol–water partition coefficient (Wildman–Crippen LogP) is 1.64. The summed E-state index contributed by atoms with van der Waals surface area (Å²) in [5.41, 5.74) is 2.50. The molecule has 0 radical (unpaired) electrons. The van der Waals surface area contributed by atoms with Crippen LogP contribution in [0.4, 0.5) is 0 Å². The van der Waals surface area contributed by atoms with Crippen molar-refractivity contribution in [3.05, 3.63) is 42.0 Å². The van der Waals surface area contributed by atoms with Crippen molar-refractivity contribution in [3.8, 4) is 5.75 Å². The van der Waals surface area contributed by atoms with Crippen molar-refractivity contribution in [1.29, 1.82) is 0 Å². The smallest absolute Gasteiger partial charge is 0.314 e. The average Bonchev–Trinajstić information content (AvgIpc) is 2.38. The zero-order valence-corrected chi connectivity index (χ0v) is 10.3. The van der Waals surface area contributed by atoms with Crippen molar-refractivity contribution in [2.75, 3.05) is 6.61 Å². The highest BCUT2D eigenvalue weighted by atomic mass is 31.1. The molecule has 2 bridgehead atoms. The van der Waals surface area contributed by atoms with Gasteiger partial charge in [-0.1, -0.05) is 18.2 Å². The van der Waals surface area contributed by atoms with Crippen LogP contribution in [0.2, 0.25) is 0 Å². The van der Waals surface area contributed by atoms with Gasteiger partial charge in [-0.05, 0) is 18.1 Å². The van der Waals surface area contributed by atoms with Crippen molar-refractivity contribution in [2.45, 2.75) is 12.8 Å². The van der Waals surface area contributed by atoms with Crippen LogP contribution < -0.4 is 4.89 Å². The summed E-state index contributed by atoms with van der Waals surface area (Å²) in [5, 5.41) is 0. The van der Waals surface area contributed by atoms with Crippen molar-refractivity contribution < 1.29 is 24.1 Å². The molecule has 5 nitrogen and oxygen atoms in total. The minimum absolute atomic E-state index is 0.623. The summed E-state index contributed by atoms with van der Waals surface area (Å²) < 4.78 is 8.74. The van der Waals surface area contributed by atoms with Crippen LogP contribution in [-0.2, 0) is 22.3 Å². The van der Waals surface area contributed by atoms with E-state index in [1.165, 1.54) is 11.1 Å². The molecule has 2 N–H and O–H groups in total. The molecular formula is C11H15O5P. The predicted molar refractivity (Wildman–Crippen MR) is 64.1 cm³/mol. The molecule has 0 unspecified atom stereocenters. The Balaban J connectivity index is 0.000000317. The Hall–Kier alpha value is -1.13. The molecular weight excluding hydrogens is 243 g/mol. The van der Waals surface area contributed by atoms with Gasteiger partial charge in [0.2, 0.25) is 0 Å².